The number of hydrogen-bond donors (Lipinski definition) is 1. The summed E-state index contributed by atoms with van der Waals surface area (Å²) in [5, 5.41) is 10.8. The van der Waals surface area contributed by atoms with Crippen molar-refractivity contribution in [3.63, 3.8) is 0 Å². The number of furan rings is 1. The summed E-state index contributed by atoms with van der Waals surface area (Å²) in [6, 6.07) is 20.9. The first-order valence-electron chi connectivity index (χ1n) is 14.1. The van der Waals surface area contributed by atoms with Crippen molar-refractivity contribution >= 4 is 26.8 Å². The lowest BCUT2D eigenvalue weighted by Crippen LogP contribution is -2.31. The molecule has 0 aliphatic rings. The Hall–Kier alpha value is -4.68. The lowest BCUT2D eigenvalue weighted by atomic mass is 9.83. The number of aryl methyl sites for hydroxylation is 1. The highest BCUT2D eigenvalue weighted by molar-refractivity contribution is 7.89. The normalized spacial score (nSPS) is 12.5. The highest BCUT2D eigenvalue weighted by Crippen LogP contribution is 2.35. The number of alkyl halides is 3. The van der Waals surface area contributed by atoms with E-state index in [-0.39, 0.29) is 28.6 Å². The van der Waals surface area contributed by atoms with Gasteiger partial charge >= 0.3 is 12.1 Å². The van der Waals surface area contributed by atoms with Crippen LogP contribution >= 0.6 is 0 Å². The van der Waals surface area contributed by atoms with Crippen LogP contribution in [0.1, 0.15) is 42.2 Å². The number of halogens is 3. The zero-order chi connectivity index (χ0) is 33.4. The summed E-state index contributed by atoms with van der Waals surface area (Å²) in [5.74, 6) is -2.21. The molecule has 0 fully saturated rings. The van der Waals surface area contributed by atoms with Gasteiger partial charge in [-0.15, -0.1) is 0 Å². The second-order valence-electron chi connectivity index (χ2n) is 11.4. The van der Waals surface area contributed by atoms with Gasteiger partial charge in [0.25, 0.3) is 0 Å². The number of methoxy groups -OCH3 is 1. The third-order valence-electron chi connectivity index (χ3n) is 7.88. The van der Waals surface area contributed by atoms with E-state index in [1.807, 2.05) is 0 Å². The standard InChI is InChI=1S/C34H31F3N2O6S/c1-21-12-13-22-8-5-6-11-27(22)31(21)46(42,43)39(19-26-14-15-30(45-26)34(35,36)37)20-28-29(44-4)17-24(18-38-28)23-9-7-10-25(16-23)33(2,3)32(40)41/h5-18H,19-20H2,1-4H3,(H,40,41). The fraction of sp³-hybridized carbons (Fsp3) is 0.235. The van der Waals surface area contributed by atoms with E-state index in [0.717, 1.165) is 16.4 Å². The minimum atomic E-state index is -4.74. The van der Waals surface area contributed by atoms with E-state index < -0.39 is 39.9 Å². The molecule has 0 amide bonds. The zero-order valence-electron chi connectivity index (χ0n) is 25.4. The molecule has 240 valence electrons. The lowest BCUT2D eigenvalue weighted by Gasteiger charge is -2.24. The van der Waals surface area contributed by atoms with Gasteiger partial charge in [-0.1, -0.05) is 54.6 Å². The molecule has 2 aromatic heterocycles. The van der Waals surface area contributed by atoms with Crippen LogP contribution in [0.25, 0.3) is 21.9 Å². The first kappa shape index (κ1) is 32.7. The minimum Gasteiger partial charge on any atom is -0.495 e. The molecule has 0 atom stereocenters. The largest absolute Gasteiger partial charge is 0.495 e. The Balaban J connectivity index is 1.58. The molecule has 0 spiro atoms. The van der Waals surface area contributed by atoms with Gasteiger partial charge in [0.2, 0.25) is 15.8 Å². The molecule has 0 aliphatic heterocycles. The van der Waals surface area contributed by atoms with Crippen molar-refractivity contribution < 1.29 is 40.6 Å². The maximum absolute atomic E-state index is 14.4. The number of sulfonamides is 1. The number of nitrogens with zero attached hydrogens (tertiary/aromatic N) is 2. The van der Waals surface area contributed by atoms with Crippen LogP contribution in [0.4, 0.5) is 13.2 Å². The first-order valence-corrected chi connectivity index (χ1v) is 15.6. The Kier molecular flexibility index (Phi) is 8.71. The van der Waals surface area contributed by atoms with Crippen molar-refractivity contribution in [1.29, 1.82) is 0 Å². The van der Waals surface area contributed by atoms with E-state index in [1.54, 1.807) is 87.5 Å². The smallest absolute Gasteiger partial charge is 0.449 e. The van der Waals surface area contributed by atoms with Gasteiger partial charge in [0.05, 0.1) is 36.2 Å². The highest BCUT2D eigenvalue weighted by Gasteiger charge is 2.36. The van der Waals surface area contributed by atoms with Crippen LogP contribution in [0, 0.1) is 6.92 Å². The van der Waals surface area contributed by atoms with E-state index in [4.69, 9.17) is 9.15 Å². The van der Waals surface area contributed by atoms with Crippen molar-refractivity contribution in [3.8, 4) is 16.9 Å². The summed E-state index contributed by atoms with van der Waals surface area (Å²) in [5.41, 5.74) is 1.33. The summed E-state index contributed by atoms with van der Waals surface area (Å²) in [4.78, 5) is 16.4. The molecule has 0 unspecified atom stereocenters. The Morgan fingerprint density at radius 2 is 1.70 bits per heavy atom. The van der Waals surface area contributed by atoms with E-state index in [1.165, 1.54) is 13.3 Å². The summed E-state index contributed by atoms with van der Waals surface area (Å²) in [7, 11) is -2.96. The van der Waals surface area contributed by atoms with Crippen LogP contribution in [0.3, 0.4) is 0 Å². The number of pyridine rings is 1. The number of ether oxygens (including phenoxy) is 1. The third kappa shape index (κ3) is 6.35. The molecule has 46 heavy (non-hydrogen) atoms. The molecule has 12 heteroatoms. The van der Waals surface area contributed by atoms with Gasteiger partial charge in [0, 0.05) is 17.1 Å². The number of carboxylic acids is 1. The summed E-state index contributed by atoms with van der Waals surface area (Å²) in [6.45, 7) is 3.97. The molecule has 0 aliphatic carbocycles. The Bertz CT molecular complexity index is 2040. The van der Waals surface area contributed by atoms with E-state index in [9.17, 15) is 31.5 Å². The van der Waals surface area contributed by atoms with E-state index in [0.29, 0.717) is 33.0 Å². The first-order chi connectivity index (χ1) is 21.6. The molecule has 5 aromatic rings. The molecule has 0 radical (unpaired) electrons. The monoisotopic (exact) mass is 652 g/mol. The molecular formula is C34H31F3N2O6S. The number of rotatable bonds is 10. The van der Waals surface area contributed by atoms with E-state index in [2.05, 4.69) is 4.98 Å². The molecule has 8 nitrogen and oxygen atoms in total. The third-order valence-corrected chi connectivity index (χ3v) is 9.87. The fourth-order valence-corrected chi connectivity index (χ4v) is 6.93. The predicted octanol–water partition coefficient (Wildman–Crippen LogP) is 7.58. The molecule has 0 bridgehead atoms. The summed E-state index contributed by atoms with van der Waals surface area (Å²) >= 11 is 0. The van der Waals surface area contributed by atoms with Crippen LogP contribution < -0.4 is 4.74 Å². The number of aromatic nitrogens is 1. The number of carbonyl (C=O) groups is 1. The lowest BCUT2D eigenvalue weighted by molar-refractivity contribution is -0.153. The number of carboxylic acid groups (broad SMARTS) is 1. The zero-order valence-corrected chi connectivity index (χ0v) is 26.2. The Labute approximate surface area is 264 Å². The molecule has 5 rings (SSSR count). The second kappa shape index (κ2) is 12.3. The maximum atomic E-state index is 14.4. The van der Waals surface area contributed by atoms with E-state index >= 15 is 0 Å². The summed E-state index contributed by atoms with van der Waals surface area (Å²) < 4.78 is 80.5. The SMILES string of the molecule is COc1cc(-c2cccc(C(C)(C)C(=O)O)c2)cnc1CN(Cc1ccc(C(F)(F)F)o1)S(=O)(=O)c1c(C)ccc2ccccc12. The van der Waals surface area contributed by atoms with Crippen LogP contribution in [-0.4, -0.2) is 35.9 Å². The maximum Gasteiger partial charge on any atom is 0.449 e. The van der Waals surface area contributed by atoms with Gasteiger partial charge in [-0.25, -0.2) is 8.42 Å². The van der Waals surface area contributed by atoms with Crippen molar-refractivity contribution in [2.24, 2.45) is 0 Å². The Morgan fingerprint density at radius 3 is 2.37 bits per heavy atom. The van der Waals surface area contributed by atoms with Crippen molar-refractivity contribution in [2.45, 2.75) is 50.3 Å². The molecule has 0 saturated carbocycles. The Morgan fingerprint density at radius 1 is 0.957 bits per heavy atom. The number of hydrogen-bond acceptors (Lipinski definition) is 6. The van der Waals surface area contributed by atoms with Crippen molar-refractivity contribution in [2.75, 3.05) is 7.11 Å². The van der Waals surface area contributed by atoms with Crippen LogP contribution in [0.15, 0.2) is 94.4 Å². The number of aliphatic carboxylic acids is 1. The van der Waals surface area contributed by atoms with Crippen molar-refractivity contribution in [3.05, 3.63) is 113 Å². The van der Waals surface area contributed by atoms with Gasteiger partial charge in [0.15, 0.2) is 0 Å². The molecule has 1 N–H and O–H groups in total. The average molecular weight is 653 g/mol. The molecular weight excluding hydrogens is 621 g/mol. The van der Waals surface area contributed by atoms with Gasteiger partial charge < -0.3 is 14.3 Å². The second-order valence-corrected chi connectivity index (χ2v) is 13.2. The molecule has 2 heterocycles. The highest BCUT2D eigenvalue weighted by atomic mass is 32.2. The number of fused-ring (bicyclic) bond motifs is 1. The minimum absolute atomic E-state index is 0.0154. The van der Waals surface area contributed by atoms with Crippen molar-refractivity contribution in [1.82, 2.24) is 9.29 Å². The average Bonchev–Trinajstić information content (AvgIpc) is 3.50. The van der Waals surface area contributed by atoms with Crippen LogP contribution in [0.5, 0.6) is 5.75 Å². The van der Waals surface area contributed by atoms with Gasteiger partial charge in [-0.3, -0.25) is 9.78 Å². The summed E-state index contributed by atoms with van der Waals surface area (Å²) in [6.07, 6.45) is -3.24. The van der Waals surface area contributed by atoms with Gasteiger partial charge in [-0.05, 0) is 67.1 Å². The number of benzene rings is 3. The fourth-order valence-electron chi connectivity index (χ4n) is 5.14. The van der Waals surface area contributed by atoms with Gasteiger partial charge in [0.1, 0.15) is 11.5 Å². The molecule has 0 saturated heterocycles. The van der Waals surface area contributed by atoms with Crippen LogP contribution in [0.2, 0.25) is 0 Å². The van der Waals surface area contributed by atoms with Crippen LogP contribution in [-0.2, 0) is 39.5 Å². The van der Waals surface area contributed by atoms with Gasteiger partial charge in [-0.2, -0.15) is 17.5 Å². The molecule has 3 aromatic carbocycles. The predicted molar refractivity (Wildman–Crippen MR) is 166 cm³/mol. The quantitative estimate of drug-likeness (QED) is 0.166. The topological polar surface area (TPSA) is 110 Å².